The highest BCUT2D eigenvalue weighted by molar-refractivity contribution is 7.99. The van der Waals surface area contributed by atoms with Crippen LogP contribution in [0.4, 0.5) is 5.95 Å². The molecule has 1 aliphatic heterocycles. The number of hydrogen-bond acceptors (Lipinski definition) is 4. The fourth-order valence-corrected chi connectivity index (χ4v) is 3.21. The molecule has 2 aromatic heterocycles. The summed E-state index contributed by atoms with van der Waals surface area (Å²) in [5.41, 5.74) is 2.03. The van der Waals surface area contributed by atoms with Gasteiger partial charge in [-0.3, -0.25) is 0 Å². The quantitative estimate of drug-likeness (QED) is 0.886. The minimum absolute atomic E-state index is 0.520. The van der Waals surface area contributed by atoms with Crippen molar-refractivity contribution in [1.82, 2.24) is 14.6 Å². The van der Waals surface area contributed by atoms with Crippen LogP contribution in [0.15, 0.2) is 18.2 Å². The van der Waals surface area contributed by atoms with Crippen LogP contribution in [0, 0.1) is 6.92 Å². The fraction of sp³-hybridized carbons (Fsp3) is 0.500. The Morgan fingerprint density at radius 3 is 3.18 bits per heavy atom. The summed E-state index contributed by atoms with van der Waals surface area (Å²) in [5, 5.41) is 7.93. The lowest BCUT2D eigenvalue weighted by Gasteiger charge is -2.21. The Hall–Kier alpha value is -1.23. The first-order chi connectivity index (χ1) is 8.33. The van der Waals surface area contributed by atoms with Gasteiger partial charge in [-0.1, -0.05) is 6.07 Å². The Morgan fingerprint density at radius 2 is 2.41 bits per heavy atom. The number of nitrogens with zero attached hydrogens (tertiary/aromatic N) is 3. The van der Waals surface area contributed by atoms with Crippen molar-refractivity contribution in [3.63, 3.8) is 0 Å². The smallest absolute Gasteiger partial charge is 0.243 e. The number of thioether (sulfide) groups is 1. The van der Waals surface area contributed by atoms with Crippen LogP contribution >= 0.6 is 11.8 Å². The highest BCUT2D eigenvalue weighted by Crippen LogP contribution is 2.19. The Kier molecular flexibility index (Phi) is 2.93. The van der Waals surface area contributed by atoms with Crippen LogP contribution in [0.1, 0.15) is 18.5 Å². The molecule has 1 fully saturated rings. The van der Waals surface area contributed by atoms with E-state index in [1.807, 2.05) is 41.4 Å². The van der Waals surface area contributed by atoms with Crippen molar-refractivity contribution in [1.29, 1.82) is 0 Å². The number of anilines is 1. The van der Waals surface area contributed by atoms with Gasteiger partial charge in [-0.15, -0.1) is 5.10 Å². The van der Waals surface area contributed by atoms with Crippen molar-refractivity contribution >= 4 is 23.4 Å². The summed E-state index contributed by atoms with van der Waals surface area (Å²) < 4.78 is 1.89. The van der Waals surface area contributed by atoms with E-state index in [0.717, 1.165) is 23.0 Å². The Bertz CT molecular complexity index is 516. The summed E-state index contributed by atoms with van der Waals surface area (Å²) in [4.78, 5) is 4.50. The van der Waals surface area contributed by atoms with E-state index in [0.29, 0.717) is 6.04 Å². The Labute approximate surface area is 105 Å². The number of aromatic nitrogens is 3. The maximum atomic E-state index is 4.50. The van der Waals surface area contributed by atoms with Crippen molar-refractivity contribution in [2.45, 2.75) is 25.8 Å². The van der Waals surface area contributed by atoms with E-state index in [-0.39, 0.29) is 0 Å². The molecule has 1 atom stereocenters. The average molecular weight is 248 g/mol. The van der Waals surface area contributed by atoms with Gasteiger partial charge >= 0.3 is 0 Å². The third kappa shape index (κ3) is 2.24. The van der Waals surface area contributed by atoms with Gasteiger partial charge in [-0.2, -0.15) is 16.7 Å². The molecule has 0 spiro atoms. The molecule has 1 unspecified atom stereocenters. The first kappa shape index (κ1) is 10.9. The molecule has 0 amide bonds. The average Bonchev–Trinajstić information content (AvgIpc) is 2.74. The molecule has 3 rings (SSSR count). The zero-order chi connectivity index (χ0) is 11.7. The highest BCUT2D eigenvalue weighted by atomic mass is 32.2. The van der Waals surface area contributed by atoms with E-state index in [4.69, 9.17) is 0 Å². The van der Waals surface area contributed by atoms with Crippen molar-refractivity contribution in [2.24, 2.45) is 0 Å². The van der Waals surface area contributed by atoms with Gasteiger partial charge < -0.3 is 5.32 Å². The van der Waals surface area contributed by atoms with E-state index < -0.39 is 0 Å². The SMILES string of the molecule is Cc1cccc2nc(NC3CCCSC3)nn12. The van der Waals surface area contributed by atoms with E-state index >= 15 is 0 Å². The van der Waals surface area contributed by atoms with Crippen LogP contribution in [-0.2, 0) is 0 Å². The second-order valence-corrected chi connectivity index (χ2v) is 5.58. The number of pyridine rings is 1. The largest absolute Gasteiger partial charge is 0.349 e. The fourth-order valence-electron chi connectivity index (χ4n) is 2.13. The van der Waals surface area contributed by atoms with Crippen molar-refractivity contribution in [3.8, 4) is 0 Å². The molecule has 0 radical (unpaired) electrons. The summed E-state index contributed by atoms with van der Waals surface area (Å²) in [6, 6.07) is 6.56. The molecule has 2 aromatic rings. The number of aryl methyl sites for hydroxylation is 1. The normalized spacial score (nSPS) is 20.6. The van der Waals surface area contributed by atoms with Crippen LogP contribution in [0.2, 0.25) is 0 Å². The standard InChI is InChI=1S/C12H16N4S/c1-9-4-2-6-11-14-12(15-16(9)11)13-10-5-3-7-17-8-10/h2,4,6,10H,3,5,7-8H2,1H3,(H,13,15). The van der Waals surface area contributed by atoms with Gasteiger partial charge in [0.15, 0.2) is 5.65 Å². The third-order valence-electron chi connectivity index (χ3n) is 3.04. The molecular weight excluding hydrogens is 232 g/mol. The van der Waals surface area contributed by atoms with Crippen LogP contribution in [0.3, 0.4) is 0 Å². The molecule has 0 saturated carbocycles. The lowest BCUT2D eigenvalue weighted by Crippen LogP contribution is -2.26. The zero-order valence-electron chi connectivity index (χ0n) is 9.89. The van der Waals surface area contributed by atoms with Gasteiger partial charge in [0.05, 0.1) is 0 Å². The summed E-state index contributed by atoms with van der Waals surface area (Å²) in [5.74, 6) is 3.21. The summed E-state index contributed by atoms with van der Waals surface area (Å²) in [6.07, 6.45) is 2.51. The molecular formula is C12H16N4S. The van der Waals surface area contributed by atoms with Gasteiger partial charge in [0, 0.05) is 17.5 Å². The molecule has 0 aromatic carbocycles. The second kappa shape index (κ2) is 4.56. The van der Waals surface area contributed by atoms with Crippen LogP contribution in [-0.4, -0.2) is 32.1 Å². The second-order valence-electron chi connectivity index (χ2n) is 4.43. The lowest BCUT2D eigenvalue weighted by atomic mass is 10.2. The topological polar surface area (TPSA) is 42.2 Å². The molecule has 5 heteroatoms. The minimum Gasteiger partial charge on any atom is -0.349 e. The first-order valence-corrected chi connectivity index (χ1v) is 7.15. The van der Waals surface area contributed by atoms with Gasteiger partial charge in [-0.25, -0.2) is 4.52 Å². The van der Waals surface area contributed by atoms with Gasteiger partial charge in [0.1, 0.15) is 0 Å². The molecule has 1 N–H and O–H groups in total. The zero-order valence-corrected chi connectivity index (χ0v) is 10.7. The molecule has 17 heavy (non-hydrogen) atoms. The summed E-state index contributed by atoms with van der Waals surface area (Å²) in [6.45, 7) is 2.04. The van der Waals surface area contributed by atoms with Crippen molar-refractivity contribution in [2.75, 3.05) is 16.8 Å². The summed E-state index contributed by atoms with van der Waals surface area (Å²) >= 11 is 2.01. The molecule has 1 aliphatic rings. The molecule has 3 heterocycles. The van der Waals surface area contributed by atoms with E-state index in [9.17, 15) is 0 Å². The first-order valence-electron chi connectivity index (χ1n) is 5.99. The maximum Gasteiger partial charge on any atom is 0.243 e. The number of rotatable bonds is 2. The molecule has 90 valence electrons. The predicted octanol–water partition coefficient (Wildman–Crippen LogP) is 2.35. The summed E-state index contributed by atoms with van der Waals surface area (Å²) in [7, 11) is 0. The Morgan fingerprint density at radius 1 is 1.47 bits per heavy atom. The van der Waals surface area contributed by atoms with Crippen LogP contribution in [0.5, 0.6) is 0 Å². The van der Waals surface area contributed by atoms with Gasteiger partial charge in [-0.05, 0) is 37.7 Å². The number of fused-ring (bicyclic) bond motifs is 1. The molecule has 1 saturated heterocycles. The van der Waals surface area contributed by atoms with Gasteiger partial charge in [0.25, 0.3) is 0 Å². The van der Waals surface area contributed by atoms with Gasteiger partial charge in [0.2, 0.25) is 5.95 Å². The molecule has 0 bridgehead atoms. The number of nitrogens with one attached hydrogen (secondary N) is 1. The maximum absolute atomic E-state index is 4.50. The Balaban J connectivity index is 1.83. The van der Waals surface area contributed by atoms with Crippen molar-refractivity contribution < 1.29 is 0 Å². The van der Waals surface area contributed by atoms with E-state index in [2.05, 4.69) is 15.4 Å². The minimum atomic E-state index is 0.520. The predicted molar refractivity (Wildman–Crippen MR) is 71.7 cm³/mol. The van der Waals surface area contributed by atoms with E-state index in [1.54, 1.807) is 0 Å². The molecule has 4 nitrogen and oxygen atoms in total. The van der Waals surface area contributed by atoms with Crippen LogP contribution < -0.4 is 5.32 Å². The third-order valence-corrected chi connectivity index (χ3v) is 4.26. The number of hydrogen-bond donors (Lipinski definition) is 1. The molecule has 0 aliphatic carbocycles. The van der Waals surface area contributed by atoms with Crippen molar-refractivity contribution in [3.05, 3.63) is 23.9 Å². The van der Waals surface area contributed by atoms with E-state index in [1.165, 1.54) is 18.6 Å². The van der Waals surface area contributed by atoms with Crippen LogP contribution in [0.25, 0.3) is 5.65 Å². The lowest BCUT2D eigenvalue weighted by molar-refractivity contribution is 0.678. The highest BCUT2D eigenvalue weighted by Gasteiger charge is 2.15. The monoisotopic (exact) mass is 248 g/mol.